The zero-order chi connectivity index (χ0) is 28.5. The fraction of sp³-hybridized carbons (Fsp3) is 0.419. The summed E-state index contributed by atoms with van der Waals surface area (Å²) in [4.78, 5) is 9.94. The van der Waals surface area contributed by atoms with E-state index in [1.54, 1.807) is 21.3 Å². The van der Waals surface area contributed by atoms with Crippen LogP contribution in [0, 0.1) is 5.92 Å². The minimum Gasteiger partial charge on any atom is -0.497 e. The van der Waals surface area contributed by atoms with Gasteiger partial charge in [-0.3, -0.25) is 4.68 Å². The first kappa shape index (κ1) is 26.9. The van der Waals surface area contributed by atoms with Crippen LogP contribution in [0.1, 0.15) is 55.4 Å². The Bertz CT molecular complexity index is 1690. The number of methoxy groups -OCH3 is 3. The van der Waals surface area contributed by atoms with Crippen molar-refractivity contribution in [1.29, 1.82) is 0 Å². The lowest BCUT2D eigenvalue weighted by Crippen LogP contribution is -2.14. The molecule has 6 rings (SSSR count). The van der Waals surface area contributed by atoms with Gasteiger partial charge < -0.3 is 19.5 Å². The average Bonchev–Trinajstić information content (AvgIpc) is 3.63. The van der Waals surface area contributed by atoms with Gasteiger partial charge in [-0.05, 0) is 75.3 Å². The van der Waals surface area contributed by atoms with Crippen LogP contribution in [0.4, 0.5) is 5.95 Å². The highest BCUT2D eigenvalue weighted by molar-refractivity contribution is 5.95. The number of fused-ring (bicyclic) bond motifs is 4. The largest absolute Gasteiger partial charge is 0.497 e. The van der Waals surface area contributed by atoms with Gasteiger partial charge in [-0.15, -0.1) is 5.10 Å². The highest BCUT2D eigenvalue weighted by Gasteiger charge is 2.23. The highest BCUT2D eigenvalue weighted by atomic mass is 16.5. The number of hydrogen-bond donors (Lipinski definition) is 1. The Morgan fingerprint density at radius 3 is 2.63 bits per heavy atom. The number of aromatic nitrogens is 6. The van der Waals surface area contributed by atoms with Crippen LogP contribution >= 0.6 is 0 Å². The number of benzene rings is 2. The Kier molecular flexibility index (Phi) is 7.38. The van der Waals surface area contributed by atoms with E-state index in [4.69, 9.17) is 34.4 Å². The van der Waals surface area contributed by atoms with Gasteiger partial charge in [0.25, 0.3) is 0 Å². The maximum Gasteiger partial charge on any atom is 0.226 e. The molecule has 5 aromatic rings. The second-order valence-electron chi connectivity index (χ2n) is 10.9. The Morgan fingerprint density at radius 2 is 1.85 bits per heavy atom. The number of anilines is 1. The second kappa shape index (κ2) is 11.3. The molecule has 0 spiro atoms. The zero-order valence-electron chi connectivity index (χ0n) is 24.3. The minimum atomic E-state index is 0.386. The van der Waals surface area contributed by atoms with Crippen molar-refractivity contribution in [2.75, 3.05) is 26.6 Å². The first-order chi connectivity index (χ1) is 20.0. The molecular formula is C31H37N7O3. The zero-order valence-corrected chi connectivity index (χ0v) is 24.3. The predicted molar refractivity (Wildman–Crippen MR) is 158 cm³/mol. The number of nitrogens with one attached hydrogen (secondary N) is 1. The van der Waals surface area contributed by atoms with Crippen molar-refractivity contribution in [1.82, 2.24) is 29.4 Å². The molecule has 0 radical (unpaired) electrons. The lowest BCUT2D eigenvalue weighted by molar-refractivity contribution is 0.391. The number of rotatable bonds is 10. The molecule has 0 saturated heterocycles. The maximum absolute atomic E-state index is 5.65. The predicted octanol–water partition coefficient (Wildman–Crippen LogP) is 5.43. The summed E-state index contributed by atoms with van der Waals surface area (Å²) in [5, 5.41) is 14.1. The third kappa shape index (κ3) is 5.26. The van der Waals surface area contributed by atoms with Gasteiger partial charge in [0.05, 0.1) is 27.0 Å². The van der Waals surface area contributed by atoms with Crippen LogP contribution in [-0.4, -0.2) is 50.7 Å². The summed E-state index contributed by atoms with van der Waals surface area (Å²) in [5.74, 6) is 4.17. The SMILES string of the molecule is COc1ccc(CNc2nc3c(OC)cccc3c3nc(CCC4CCc5nn(C(C)C)cc5C4)nn23)c(OC)c1. The molecule has 1 aliphatic rings. The summed E-state index contributed by atoms with van der Waals surface area (Å²) in [5.41, 5.74) is 5.13. The van der Waals surface area contributed by atoms with Gasteiger partial charge >= 0.3 is 0 Å². The number of para-hydroxylation sites is 1. The lowest BCUT2D eigenvalue weighted by atomic mass is 9.85. The summed E-state index contributed by atoms with van der Waals surface area (Å²) in [6.07, 6.45) is 7.31. The minimum absolute atomic E-state index is 0.386. The maximum atomic E-state index is 5.65. The van der Waals surface area contributed by atoms with Crippen molar-refractivity contribution in [3.63, 3.8) is 0 Å². The summed E-state index contributed by atoms with van der Waals surface area (Å²) >= 11 is 0. The quantitative estimate of drug-likeness (QED) is 0.244. The van der Waals surface area contributed by atoms with Gasteiger partial charge in [-0.2, -0.15) is 9.61 Å². The molecule has 1 unspecified atom stereocenters. The van der Waals surface area contributed by atoms with Crippen molar-refractivity contribution in [2.45, 2.75) is 58.5 Å². The fourth-order valence-corrected chi connectivity index (χ4v) is 5.65. The van der Waals surface area contributed by atoms with Crippen LogP contribution in [0.2, 0.25) is 0 Å². The van der Waals surface area contributed by atoms with Crippen molar-refractivity contribution >= 4 is 22.5 Å². The molecule has 2 aromatic carbocycles. The molecule has 10 nitrogen and oxygen atoms in total. The van der Waals surface area contributed by atoms with E-state index in [0.29, 0.717) is 30.2 Å². The third-order valence-electron chi connectivity index (χ3n) is 7.96. The molecule has 3 heterocycles. The van der Waals surface area contributed by atoms with Crippen molar-refractivity contribution in [3.8, 4) is 17.2 Å². The van der Waals surface area contributed by atoms with E-state index in [2.05, 4.69) is 30.0 Å². The van der Waals surface area contributed by atoms with Crippen LogP contribution in [0.25, 0.3) is 16.6 Å². The molecule has 0 amide bonds. The van der Waals surface area contributed by atoms with E-state index in [-0.39, 0.29) is 0 Å². The fourth-order valence-electron chi connectivity index (χ4n) is 5.65. The van der Waals surface area contributed by atoms with E-state index in [0.717, 1.165) is 71.5 Å². The molecule has 10 heteroatoms. The lowest BCUT2D eigenvalue weighted by Gasteiger charge is -2.20. The average molecular weight is 556 g/mol. The van der Waals surface area contributed by atoms with Gasteiger partial charge in [0, 0.05) is 42.2 Å². The molecule has 1 aliphatic carbocycles. The van der Waals surface area contributed by atoms with Crippen molar-refractivity contribution in [2.24, 2.45) is 5.92 Å². The van der Waals surface area contributed by atoms with Crippen LogP contribution in [-0.2, 0) is 25.8 Å². The van der Waals surface area contributed by atoms with Crippen molar-refractivity contribution < 1.29 is 14.2 Å². The van der Waals surface area contributed by atoms with E-state index in [1.807, 2.05) is 40.9 Å². The van der Waals surface area contributed by atoms with Gasteiger partial charge in [0.1, 0.15) is 22.8 Å². The van der Waals surface area contributed by atoms with Gasteiger partial charge in [-0.25, -0.2) is 9.97 Å². The first-order valence-corrected chi connectivity index (χ1v) is 14.2. The van der Waals surface area contributed by atoms with Gasteiger partial charge in [0.2, 0.25) is 5.95 Å². The highest BCUT2D eigenvalue weighted by Crippen LogP contribution is 2.31. The third-order valence-corrected chi connectivity index (χ3v) is 7.96. The molecule has 214 valence electrons. The normalized spacial score (nSPS) is 14.9. The van der Waals surface area contributed by atoms with Gasteiger partial charge in [0.15, 0.2) is 11.5 Å². The molecule has 41 heavy (non-hydrogen) atoms. The van der Waals surface area contributed by atoms with Crippen LogP contribution < -0.4 is 19.5 Å². The number of hydrogen-bond acceptors (Lipinski definition) is 8. The molecule has 0 bridgehead atoms. The summed E-state index contributed by atoms with van der Waals surface area (Å²) < 4.78 is 20.5. The van der Waals surface area contributed by atoms with E-state index >= 15 is 0 Å². The van der Waals surface area contributed by atoms with E-state index in [1.165, 1.54) is 11.3 Å². The Labute approximate surface area is 239 Å². The van der Waals surface area contributed by atoms with Crippen LogP contribution in [0.5, 0.6) is 17.2 Å². The molecule has 0 fully saturated rings. The molecular weight excluding hydrogens is 518 g/mol. The topological polar surface area (TPSA) is 101 Å². The van der Waals surface area contributed by atoms with E-state index in [9.17, 15) is 0 Å². The van der Waals surface area contributed by atoms with E-state index < -0.39 is 0 Å². The summed E-state index contributed by atoms with van der Waals surface area (Å²) in [6.45, 7) is 4.84. The summed E-state index contributed by atoms with van der Waals surface area (Å²) in [6, 6.07) is 12.1. The molecule has 0 aliphatic heterocycles. The number of ether oxygens (including phenoxy) is 3. The smallest absolute Gasteiger partial charge is 0.226 e. The van der Waals surface area contributed by atoms with Crippen LogP contribution in [0.3, 0.4) is 0 Å². The molecule has 1 N–H and O–H groups in total. The molecule has 1 atom stereocenters. The Hall–Kier alpha value is -4.34. The van der Waals surface area contributed by atoms with Crippen molar-refractivity contribution in [3.05, 3.63) is 65.2 Å². The first-order valence-electron chi connectivity index (χ1n) is 14.2. The standard InChI is InChI=1S/C31H37N7O3/c1-19(2)37-18-22-15-20(9-13-25(22)35-37)10-14-28-33-30-24-7-6-8-26(40-4)29(24)34-31(38(30)36-28)32-17-21-11-12-23(39-3)16-27(21)41-5/h6-8,11-12,16,18-20H,9-10,13-15,17H2,1-5H3,(H,32,34). The van der Waals surface area contributed by atoms with Crippen LogP contribution in [0.15, 0.2) is 42.6 Å². The van der Waals surface area contributed by atoms with Gasteiger partial charge in [-0.1, -0.05) is 6.07 Å². The molecule has 0 saturated carbocycles. The number of nitrogens with zero attached hydrogens (tertiary/aromatic N) is 6. The Morgan fingerprint density at radius 1 is 1.00 bits per heavy atom. The monoisotopic (exact) mass is 555 g/mol. The molecule has 3 aromatic heterocycles. The second-order valence-corrected chi connectivity index (χ2v) is 10.9. The summed E-state index contributed by atoms with van der Waals surface area (Å²) in [7, 11) is 4.96. The Balaban J connectivity index is 1.27. The number of aryl methyl sites for hydroxylation is 2.